The lowest BCUT2D eigenvalue weighted by atomic mass is 9.72. The number of anilines is 2. The van der Waals surface area contributed by atoms with Crippen molar-refractivity contribution in [3.8, 4) is 0 Å². The standard InChI is InChI=1S/C26H35N7O3S/c1-18-24(34)29-22-16-19-17-27-25(30-23(19)33(22)26(18)10-4-3-5-11-26)28-20-6-8-21(9-7-20)37(35,36)32-14-12-31(2)13-15-32/h6,8,16-18H,3-5,7,9-15H2,1-2H3,(H,29,34)(H,27,28,30). The van der Waals surface area contributed by atoms with E-state index in [2.05, 4.69) is 25.1 Å². The molecule has 10 nitrogen and oxygen atoms in total. The summed E-state index contributed by atoms with van der Waals surface area (Å²) in [5.74, 6) is 1.22. The number of fused-ring (bicyclic) bond motifs is 4. The largest absolute Gasteiger partial charge is 0.328 e. The van der Waals surface area contributed by atoms with Crippen LogP contribution in [0.15, 0.2) is 35.0 Å². The maximum Gasteiger partial charge on any atom is 0.239 e. The average Bonchev–Trinajstić information content (AvgIpc) is 3.26. The second-order valence-corrected chi connectivity index (χ2v) is 12.9. The first-order chi connectivity index (χ1) is 17.8. The molecule has 11 heteroatoms. The number of nitrogens with zero attached hydrogens (tertiary/aromatic N) is 5. The topological polar surface area (TPSA) is 112 Å². The van der Waals surface area contributed by atoms with E-state index >= 15 is 0 Å². The van der Waals surface area contributed by atoms with Crippen molar-refractivity contribution in [3.63, 3.8) is 0 Å². The number of carbonyl (C=O) groups excluding carboxylic acids is 1. The van der Waals surface area contributed by atoms with Gasteiger partial charge in [0.15, 0.2) is 0 Å². The summed E-state index contributed by atoms with van der Waals surface area (Å²) in [6.07, 6.45) is 11.7. The monoisotopic (exact) mass is 525 g/mol. The predicted molar refractivity (Wildman–Crippen MR) is 143 cm³/mol. The minimum absolute atomic E-state index is 0.0741. The molecular weight excluding hydrogens is 490 g/mol. The Labute approximate surface area is 217 Å². The molecule has 2 fully saturated rings. The summed E-state index contributed by atoms with van der Waals surface area (Å²) in [5, 5.41) is 7.29. The molecule has 1 atom stereocenters. The smallest absolute Gasteiger partial charge is 0.239 e. The van der Waals surface area contributed by atoms with Gasteiger partial charge < -0.3 is 20.1 Å². The summed E-state index contributed by atoms with van der Waals surface area (Å²) in [4.78, 5) is 24.8. The fraction of sp³-hybridized carbons (Fsp3) is 0.577. The highest BCUT2D eigenvalue weighted by molar-refractivity contribution is 7.93. The summed E-state index contributed by atoms with van der Waals surface area (Å²) in [7, 11) is -1.42. The molecule has 1 saturated heterocycles. The Morgan fingerprint density at radius 3 is 2.54 bits per heavy atom. The van der Waals surface area contributed by atoms with Crippen LogP contribution in [-0.4, -0.2) is 71.3 Å². The molecule has 6 rings (SSSR count). The van der Waals surface area contributed by atoms with E-state index in [1.54, 1.807) is 16.6 Å². The molecule has 1 amide bonds. The molecule has 1 spiro atoms. The molecule has 37 heavy (non-hydrogen) atoms. The SMILES string of the molecule is CC1C(=O)Nc2cc3cnc(NC4=CC=C(S(=O)(=O)N5CCN(C)CC5)CC4)nc3n2C12CCCCC2. The third-order valence-corrected chi connectivity index (χ3v) is 10.7. The molecule has 2 aromatic rings. The van der Waals surface area contributed by atoms with Crippen LogP contribution in [0, 0.1) is 5.92 Å². The number of amides is 1. The normalized spacial score (nSPS) is 24.9. The van der Waals surface area contributed by atoms with Crippen LogP contribution in [0.2, 0.25) is 0 Å². The van der Waals surface area contributed by atoms with Crippen molar-refractivity contribution < 1.29 is 13.2 Å². The van der Waals surface area contributed by atoms with Crippen molar-refractivity contribution in [1.29, 1.82) is 0 Å². The molecule has 2 N–H and O–H groups in total. The Hall–Kier alpha value is -2.76. The van der Waals surface area contributed by atoms with Gasteiger partial charge in [0.1, 0.15) is 11.5 Å². The first kappa shape index (κ1) is 24.6. The highest BCUT2D eigenvalue weighted by Crippen LogP contribution is 2.48. The molecule has 0 bridgehead atoms. The van der Waals surface area contributed by atoms with Crippen molar-refractivity contribution >= 4 is 38.7 Å². The summed E-state index contributed by atoms with van der Waals surface area (Å²) < 4.78 is 30.0. The lowest BCUT2D eigenvalue weighted by Crippen LogP contribution is -2.51. The minimum Gasteiger partial charge on any atom is -0.328 e. The van der Waals surface area contributed by atoms with Crippen LogP contribution in [0.5, 0.6) is 0 Å². The van der Waals surface area contributed by atoms with Gasteiger partial charge in [-0.2, -0.15) is 9.29 Å². The van der Waals surface area contributed by atoms with E-state index in [0.717, 1.165) is 61.3 Å². The summed E-state index contributed by atoms with van der Waals surface area (Å²) in [5.41, 5.74) is 1.45. The second-order valence-electron chi connectivity index (χ2n) is 10.9. The maximum absolute atomic E-state index is 13.1. The first-order valence-corrected chi connectivity index (χ1v) is 14.8. The van der Waals surface area contributed by atoms with E-state index in [0.29, 0.717) is 36.8 Å². The molecule has 0 radical (unpaired) electrons. The zero-order valence-corrected chi connectivity index (χ0v) is 22.4. The lowest BCUT2D eigenvalue weighted by Gasteiger charge is -2.46. The molecule has 1 saturated carbocycles. The van der Waals surface area contributed by atoms with Crippen molar-refractivity contribution in [3.05, 3.63) is 35.0 Å². The van der Waals surface area contributed by atoms with Gasteiger partial charge in [0, 0.05) is 43.5 Å². The van der Waals surface area contributed by atoms with Gasteiger partial charge in [-0.15, -0.1) is 0 Å². The average molecular weight is 526 g/mol. The van der Waals surface area contributed by atoms with Crippen molar-refractivity contribution in [2.45, 2.75) is 57.4 Å². The molecule has 2 aromatic heterocycles. The zero-order valence-electron chi connectivity index (χ0n) is 21.5. The Bertz CT molecular complexity index is 1400. The van der Waals surface area contributed by atoms with E-state index in [9.17, 15) is 13.2 Å². The molecular formula is C26H35N7O3S. The van der Waals surface area contributed by atoms with Crippen molar-refractivity contribution in [2.75, 3.05) is 43.9 Å². The molecule has 4 heterocycles. The number of nitrogens with one attached hydrogen (secondary N) is 2. The minimum atomic E-state index is -3.44. The van der Waals surface area contributed by atoms with Gasteiger partial charge in [0.2, 0.25) is 21.9 Å². The van der Waals surface area contributed by atoms with Crippen LogP contribution in [0.4, 0.5) is 11.8 Å². The number of likely N-dealkylation sites (N-methyl/N-ethyl adjacent to an activating group) is 1. The quantitative estimate of drug-likeness (QED) is 0.630. The molecule has 2 aliphatic carbocycles. The molecule has 198 valence electrons. The zero-order chi connectivity index (χ0) is 25.8. The fourth-order valence-corrected chi connectivity index (χ4v) is 7.94. The van der Waals surface area contributed by atoms with Crippen LogP contribution in [0.1, 0.15) is 51.9 Å². The number of allylic oxidation sites excluding steroid dienone is 4. The Balaban J connectivity index is 1.27. The van der Waals surface area contributed by atoms with E-state index in [1.165, 1.54) is 6.42 Å². The fourth-order valence-electron chi connectivity index (χ4n) is 6.36. The number of hydrogen-bond donors (Lipinski definition) is 2. The van der Waals surface area contributed by atoms with Crippen LogP contribution in [0.25, 0.3) is 11.0 Å². The van der Waals surface area contributed by atoms with E-state index in [4.69, 9.17) is 4.98 Å². The number of piperazine rings is 1. The number of sulfonamides is 1. The highest BCUT2D eigenvalue weighted by atomic mass is 32.2. The van der Waals surface area contributed by atoms with E-state index in [-0.39, 0.29) is 17.4 Å². The second kappa shape index (κ2) is 9.21. The third-order valence-electron chi connectivity index (χ3n) is 8.67. The van der Waals surface area contributed by atoms with Crippen LogP contribution >= 0.6 is 0 Å². The van der Waals surface area contributed by atoms with Crippen LogP contribution in [0.3, 0.4) is 0 Å². The van der Waals surface area contributed by atoms with Crippen LogP contribution < -0.4 is 10.6 Å². The number of hydrogen-bond acceptors (Lipinski definition) is 7. The third kappa shape index (κ3) is 4.17. The summed E-state index contributed by atoms with van der Waals surface area (Å²) in [6, 6.07) is 1.97. The van der Waals surface area contributed by atoms with Crippen LogP contribution in [-0.2, 0) is 20.4 Å². The van der Waals surface area contributed by atoms with Gasteiger partial charge >= 0.3 is 0 Å². The highest BCUT2D eigenvalue weighted by Gasteiger charge is 2.47. The van der Waals surface area contributed by atoms with Gasteiger partial charge in [-0.1, -0.05) is 26.2 Å². The Morgan fingerprint density at radius 1 is 1.08 bits per heavy atom. The van der Waals surface area contributed by atoms with Gasteiger partial charge in [0.25, 0.3) is 0 Å². The van der Waals surface area contributed by atoms with Crippen molar-refractivity contribution in [2.24, 2.45) is 5.92 Å². The van der Waals surface area contributed by atoms with E-state index < -0.39 is 10.0 Å². The van der Waals surface area contributed by atoms with Crippen molar-refractivity contribution in [1.82, 2.24) is 23.7 Å². The summed E-state index contributed by atoms with van der Waals surface area (Å²) >= 11 is 0. The Morgan fingerprint density at radius 2 is 1.84 bits per heavy atom. The summed E-state index contributed by atoms with van der Waals surface area (Å²) in [6.45, 7) is 4.59. The molecule has 4 aliphatic rings. The molecule has 2 aliphatic heterocycles. The lowest BCUT2D eigenvalue weighted by molar-refractivity contribution is -0.124. The molecule has 1 unspecified atom stereocenters. The first-order valence-electron chi connectivity index (χ1n) is 13.3. The van der Waals surface area contributed by atoms with Gasteiger partial charge in [-0.25, -0.2) is 13.4 Å². The van der Waals surface area contributed by atoms with Gasteiger partial charge in [-0.05, 0) is 50.9 Å². The van der Waals surface area contributed by atoms with E-state index in [1.807, 2.05) is 26.1 Å². The maximum atomic E-state index is 13.1. The molecule has 0 aromatic carbocycles. The number of rotatable bonds is 4. The van der Waals surface area contributed by atoms with Gasteiger partial charge in [-0.3, -0.25) is 4.79 Å². The number of aromatic nitrogens is 3. The predicted octanol–water partition coefficient (Wildman–Crippen LogP) is 3.23. The number of carbonyl (C=O) groups is 1. The van der Waals surface area contributed by atoms with Gasteiger partial charge in [0.05, 0.1) is 16.4 Å². The Kier molecular flexibility index (Phi) is 6.12.